The molecule has 0 radical (unpaired) electrons. The minimum atomic E-state index is 0.356. The summed E-state index contributed by atoms with van der Waals surface area (Å²) in [5.41, 5.74) is 2.19. The molecule has 2 heterocycles. The van der Waals surface area contributed by atoms with Crippen molar-refractivity contribution in [3.05, 3.63) is 28.0 Å². The Balaban J connectivity index is 2.28. The number of nitrogens with one attached hydrogen (secondary N) is 1. The van der Waals surface area contributed by atoms with Crippen LogP contribution in [0.5, 0.6) is 0 Å². The average molecular weight is 259 g/mol. The second-order valence-electron chi connectivity index (χ2n) is 3.83. The fourth-order valence-electron chi connectivity index (χ4n) is 1.59. The molecule has 6 heteroatoms. The third kappa shape index (κ3) is 2.63. The Morgan fingerprint density at radius 1 is 1.33 bits per heavy atom. The molecule has 2 rings (SSSR count). The maximum Gasteiger partial charge on any atom is 0.230 e. The summed E-state index contributed by atoms with van der Waals surface area (Å²) in [5.74, 6) is 0.419. The second kappa shape index (κ2) is 5.10. The van der Waals surface area contributed by atoms with E-state index < -0.39 is 0 Å². The molecule has 0 fully saturated rings. The van der Waals surface area contributed by atoms with Crippen LogP contribution >= 0.6 is 11.3 Å². The largest absolute Gasteiger partial charge is 0.300 e. The van der Waals surface area contributed by atoms with E-state index in [9.17, 15) is 0 Å². The molecule has 18 heavy (non-hydrogen) atoms. The first-order valence-electron chi connectivity index (χ1n) is 5.61. The van der Waals surface area contributed by atoms with Gasteiger partial charge in [0.25, 0.3) is 0 Å². The summed E-state index contributed by atoms with van der Waals surface area (Å²) in [7, 11) is 0. The minimum absolute atomic E-state index is 0.356. The Morgan fingerprint density at radius 3 is 2.72 bits per heavy atom. The van der Waals surface area contributed by atoms with E-state index in [-0.39, 0.29) is 0 Å². The molecule has 0 amide bonds. The van der Waals surface area contributed by atoms with Crippen LogP contribution in [0.1, 0.15) is 28.9 Å². The highest BCUT2D eigenvalue weighted by Crippen LogP contribution is 2.24. The number of nitrogens with zero attached hydrogens (tertiary/aromatic N) is 4. The number of hydrogen-bond acceptors (Lipinski definition) is 6. The Bertz CT molecular complexity index is 611. The van der Waals surface area contributed by atoms with Gasteiger partial charge in [-0.2, -0.15) is 5.26 Å². The molecular weight excluding hydrogens is 246 g/mol. The van der Waals surface area contributed by atoms with Crippen molar-refractivity contribution in [3.8, 4) is 6.07 Å². The first-order chi connectivity index (χ1) is 8.62. The van der Waals surface area contributed by atoms with Crippen LogP contribution in [0.2, 0.25) is 0 Å². The molecular formula is C12H13N5S. The first kappa shape index (κ1) is 12.5. The monoisotopic (exact) mass is 259 g/mol. The normalized spacial score (nSPS) is 10.1. The van der Waals surface area contributed by atoms with Gasteiger partial charge in [0.15, 0.2) is 5.13 Å². The number of anilines is 2. The van der Waals surface area contributed by atoms with Crippen molar-refractivity contribution in [2.45, 2.75) is 27.2 Å². The molecule has 0 aliphatic rings. The maximum absolute atomic E-state index is 8.86. The predicted octanol–water partition coefficient (Wildman–Crippen LogP) is 2.73. The van der Waals surface area contributed by atoms with Gasteiger partial charge in [0.1, 0.15) is 11.8 Å². The summed E-state index contributed by atoms with van der Waals surface area (Å²) in [6, 6.07) is 3.66. The Kier molecular flexibility index (Phi) is 3.53. The third-order valence-corrected chi connectivity index (χ3v) is 3.34. The molecule has 0 unspecified atom stereocenters. The molecule has 0 aromatic carbocycles. The molecule has 0 spiro atoms. The minimum Gasteiger partial charge on any atom is -0.300 e. The van der Waals surface area contributed by atoms with Gasteiger partial charge in [-0.25, -0.2) is 15.0 Å². The predicted molar refractivity (Wildman–Crippen MR) is 71.0 cm³/mol. The Labute approximate surface area is 110 Å². The topological polar surface area (TPSA) is 74.5 Å². The molecule has 0 aliphatic heterocycles. The lowest BCUT2D eigenvalue weighted by Gasteiger charge is -2.01. The molecule has 0 aliphatic carbocycles. The van der Waals surface area contributed by atoms with Crippen LogP contribution in [0.4, 0.5) is 11.1 Å². The number of rotatable bonds is 3. The summed E-state index contributed by atoms with van der Waals surface area (Å²) in [6.45, 7) is 5.94. The van der Waals surface area contributed by atoms with Crippen LogP contribution in [0.3, 0.4) is 0 Å². The molecule has 0 atom stereocenters. The van der Waals surface area contributed by atoms with Crippen molar-refractivity contribution in [1.82, 2.24) is 15.0 Å². The number of hydrogen-bond donors (Lipinski definition) is 1. The van der Waals surface area contributed by atoms with E-state index in [0.29, 0.717) is 11.6 Å². The van der Waals surface area contributed by atoms with Crippen molar-refractivity contribution in [1.29, 1.82) is 5.26 Å². The summed E-state index contributed by atoms with van der Waals surface area (Å²) in [4.78, 5) is 14.0. The molecule has 1 N–H and O–H groups in total. The van der Waals surface area contributed by atoms with Crippen molar-refractivity contribution in [2.24, 2.45) is 0 Å². The lowest BCUT2D eigenvalue weighted by molar-refractivity contribution is 1.04. The molecule has 0 saturated heterocycles. The summed E-state index contributed by atoms with van der Waals surface area (Å²) >= 11 is 1.57. The van der Waals surface area contributed by atoms with E-state index in [2.05, 4.69) is 27.2 Å². The fourth-order valence-corrected chi connectivity index (χ4v) is 2.48. The second-order valence-corrected chi connectivity index (χ2v) is 5.03. The van der Waals surface area contributed by atoms with Gasteiger partial charge in [-0.1, -0.05) is 6.92 Å². The van der Waals surface area contributed by atoms with Gasteiger partial charge in [0, 0.05) is 10.6 Å². The van der Waals surface area contributed by atoms with Gasteiger partial charge >= 0.3 is 0 Å². The lowest BCUT2D eigenvalue weighted by Crippen LogP contribution is -2.00. The summed E-state index contributed by atoms with van der Waals surface area (Å²) in [6.07, 6.45) is 0.905. The molecule has 2 aromatic rings. The Hall–Kier alpha value is -2.00. The van der Waals surface area contributed by atoms with E-state index in [4.69, 9.17) is 5.26 Å². The number of aryl methyl sites for hydroxylation is 3. The van der Waals surface area contributed by atoms with Crippen LogP contribution in [0.25, 0.3) is 0 Å². The summed E-state index contributed by atoms with van der Waals surface area (Å²) in [5, 5.41) is 12.7. The molecule has 5 nitrogen and oxygen atoms in total. The zero-order chi connectivity index (χ0) is 13.1. The van der Waals surface area contributed by atoms with Crippen LogP contribution in [0, 0.1) is 25.2 Å². The quantitative estimate of drug-likeness (QED) is 0.917. The first-order valence-corrected chi connectivity index (χ1v) is 6.43. The third-order valence-electron chi connectivity index (χ3n) is 2.42. The van der Waals surface area contributed by atoms with E-state index in [1.54, 1.807) is 17.4 Å². The van der Waals surface area contributed by atoms with Crippen LogP contribution in [-0.2, 0) is 6.42 Å². The van der Waals surface area contributed by atoms with Gasteiger partial charge in [-0.3, -0.25) is 5.32 Å². The number of nitriles is 1. The van der Waals surface area contributed by atoms with Crippen LogP contribution < -0.4 is 5.32 Å². The van der Waals surface area contributed by atoms with Crippen LogP contribution in [0.15, 0.2) is 6.07 Å². The highest BCUT2D eigenvalue weighted by Gasteiger charge is 2.08. The molecule has 0 saturated carbocycles. The standard InChI is InChI=1S/C12H13N5S/c1-4-10-8(3)18-12(16-10)17-11-14-7(2)5-9(6-13)15-11/h5H,4H2,1-3H3,(H,14,15,16,17). The Morgan fingerprint density at radius 2 is 2.11 bits per heavy atom. The molecule has 2 aromatic heterocycles. The smallest absolute Gasteiger partial charge is 0.230 e. The van der Waals surface area contributed by atoms with Crippen LogP contribution in [-0.4, -0.2) is 15.0 Å². The van der Waals surface area contributed by atoms with Gasteiger partial charge in [-0.15, -0.1) is 11.3 Å². The average Bonchev–Trinajstić information content (AvgIpc) is 2.68. The molecule has 92 valence electrons. The van der Waals surface area contributed by atoms with Crippen molar-refractivity contribution in [2.75, 3.05) is 5.32 Å². The van der Waals surface area contributed by atoms with E-state index >= 15 is 0 Å². The molecule has 0 bridgehead atoms. The SMILES string of the molecule is CCc1nc(Nc2nc(C)cc(C#N)n2)sc1C. The zero-order valence-corrected chi connectivity index (χ0v) is 11.3. The number of aromatic nitrogens is 3. The maximum atomic E-state index is 8.86. The van der Waals surface area contributed by atoms with Gasteiger partial charge < -0.3 is 0 Å². The van der Waals surface area contributed by atoms with E-state index in [1.807, 2.05) is 19.9 Å². The van der Waals surface area contributed by atoms with Gasteiger partial charge in [0.05, 0.1) is 5.69 Å². The van der Waals surface area contributed by atoms with E-state index in [1.165, 1.54) is 4.88 Å². The van der Waals surface area contributed by atoms with Gasteiger partial charge in [-0.05, 0) is 26.3 Å². The fraction of sp³-hybridized carbons (Fsp3) is 0.333. The lowest BCUT2D eigenvalue weighted by atomic mass is 10.3. The number of thiazole rings is 1. The van der Waals surface area contributed by atoms with Crippen molar-refractivity contribution in [3.63, 3.8) is 0 Å². The highest BCUT2D eigenvalue weighted by atomic mass is 32.1. The summed E-state index contributed by atoms with van der Waals surface area (Å²) < 4.78 is 0. The van der Waals surface area contributed by atoms with Crippen molar-refractivity contribution < 1.29 is 0 Å². The highest BCUT2D eigenvalue weighted by molar-refractivity contribution is 7.15. The zero-order valence-electron chi connectivity index (χ0n) is 10.5. The van der Waals surface area contributed by atoms with E-state index in [0.717, 1.165) is 22.9 Å². The van der Waals surface area contributed by atoms with Gasteiger partial charge in [0.2, 0.25) is 5.95 Å². The van der Waals surface area contributed by atoms with Crippen molar-refractivity contribution >= 4 is 22.4 Å².